The Bertz CT molecular complexity index is 8.00. The molecule has 0 saturated carbocycles. The molecule has 0 heterocycles. The minimum Gasteiger partial charge on any atom is 0 e. The maximum absolute atomic E-state index is 0. The molecular formula is H5AlCuFeMg. The van der Waals surface area contributed by atoms with Gasteiger partial charge in [0.15, 0.2) is 17.4 Å². The normalized spacial score (nSPS) is 0. The van der Waals surface area contributed by atoms with Crippen LogP contribution in [0.2, 0.25) is 0 Å². The zero-order chi connectivity index (χ0) is 0. The molecule has 0 N–H and O–H groups in total. The molecule has 0 rings (SSSR count). The van der Waals surface area contributed by atoms with Crippen molar-refractivity contribution in [3.05, 3.63) is 0 Å². The Morgan fingerprint density at radius 1 is 1.00 bits per heavy atom. The Morgan fingerprint density at radius 2 is 1.00 bits per heavy atom. The van der Waals surface area contributed by atoms with E-state index in [1.807, 2.05) is 0 Å². The maximum Gasteiger partial charge on any atom is 0.316 e. The summed E-state index contributed by atoms with van der Waals surface area (Å²) >= 11 is 0. The van der Waals surface area contributed by atoms with Crippen LogP contribution in [-0.4, -0.2) is 40.4 Å². The van der Waals surface area contributed by atoms with Gasteiger partial charge in [-0.2, -0.15) is 0 Å². The Morgan fingerprint density at radius 3 is 1.00 bits per heavy atom. The number of hydrogen-bond acceptors (Lipinski definition) is 0. The van der Waals surface area contributed by atoms with Crippen LogP contribution < -0.4 is 0 Å². The predicted molar refractivity (Wildman–Crippen MR) is 18.5 cm³/mol. The Hall–Kier alpha value is 2.34. The standard InChI is InChI=1S/Al.Cu.Fe.Mg.5H. The van der Waals surface area contributed by atoms with Gasteiger partial charge in [0.25, 0.3) is 0 Å². The zero-order valence-electron chi connectivity index (χ0n) is 0.655. The first-order chi connectivity index (χ1) is 0. The molecule has 4 heavy (non-hydrogen) atoms. The molecule has 0 aliphatic heterocycles. The second-order valence-electron chi connectivity index (χ2n) is 0. The van der Waals surface area contributed by atoms with Gasteiger partial charge in [0.1, 0.15) is 0 Å². The van der Waals surface area contributed by atoms with Crippen molar-refractivity contribution < 1.29 is 34.1 Å². The molecule has 0 atom stereocenters. The van der Waals surface area contributed by atoms with Crippen molar-refractivity contribution in [1.29, 1.82) is 0 Å². The van der Waals surface area contributed by atoms with E-state index in [0.29, 0.717) is 0 Å². The van der Waals surface area contributed by atoms with Gasteiger partial charge in [-0.1, -0.05) is 0 Å². The molecule has 4 heteroatoms. The van der Waals surface area contributed by atoms with Crippen LogP contribution in [0.1, 0.15) is 0 Å². The molecule has 0 aromatic rings. The number of rotatable bonds is 0. The number of hydrogen-bond donors (Lipinski definition) is 0. The molecule has 0 aliphatic carbocycles. The summed E-state index contributed by atoms with van der Waals surface area (Å²) in [5, 5.41) is 0. The summed E-state index contributed by atoms with van der Waals surface area (Å²) in [6.45, 7) is 0. The summed E-state index contributed by atoms with van der Waals surface area (Å²) < 4.78 is 0. The summed E-state index contributed by atoms with van der Waals surface area (Å²) in [7, 11) is 0. The largest absolute Gasteiger partial charge is 0.316 e. The summed E-state index contributed by atoms with van der Waals surface area (Å²) in [4.78, 5) is 0. The summed E-state index contributed by atoms with van der Waals surface area (Å²) in [5.74, 6) is 0. The summed E-state index contributed by atoms with van der Waals surface area (Å²) in [5.41, 5.74) is 0. The third-order valence-corrected chi connectivity index (χ3v) is 0. The quantitative estimate of drug-likeness (QED) is 0.370. The minimum atomic E-state index is 0. The van der Waals surface area contributed by atoms with Gasteiger partial charge >= 0.3 is 23.1 Å². The van der Waals surface area contributed by atoms with Crippen LogP contribution in [0.3, 0.4) is 0 Å². The fraction of sp³-hybridized carbons (Fsp3) is 0. The maximum atomic E-state index is 0. The summed E-state index contributed by atoms with van der Waals surface area (Å²) in [6, 6.07) is 0. The van der Waals surface area contributed by atoms with Crippen molar-refractivity contribution >= 4 is 40.4 Å². The monoisotopic (exact) mass is 175 g/mol. The van der Waals surface area contributed by atoms with Crippen LogP contribution in [0.25, 0.3) is 0 Å². The van der Waals surface area contributed by atoms with Crippen molar-refractivity contribution in [2.45, 2.75) is 0 Å². The van der Waals surface area contributed by atoms with Gasteiger partial charge in [0.05, 0.1) is 0 Å². The third-order valence-electron chi connectivity index (χ3n) is 0. The van der Waals surface area contributed by atoms with Gasteiger partial charge in [0.2, 0.25) is 0 Å². The third kappa shape index (κ3) is 8.84. The topological polar surface area (TPSA) is 0 Å². The fourth-order valence-electron chi connectivity index (χ4n) is 0. The Labute approximate surface area is 73.7 Å². The molecule has 0 nitrogen and oxygen atoms in total. The second-order valence-corrected chi connectivity index (χ2v) is 0. The molecule has 0 bridgehead atoms. The summed E-state index contributed by atoms with van der Waals surface area (Å²) in [6.07, 6.45) is 0. The van der Waals surface area contributed by atoms with Gasteiger partial charge in [-0.3, -0.25) is 0 Å². The van der Waals surface area contributed by atoms with Crippen LogP contribution in [-0.2, 0) is 34.1 Å². The van der Waals surface area contributed by atoms with E-state index in [9.17, 15) is 0 Å². The van der Waals surface area contributed by atoms with E-state index < -0.39 is 0 Å². The second kappa shape index (κ2) is 18.4. The van der Waals surface area contributed by atoms with Crippen molar-refractivity contribution in [3.8, 4) is 0 Å². The zero-order valence-corrected chi connectivity index (χ0v) is 2.70. The van der Waals surface area contributed by atoms with E-state index in [1.54, 1.807) is 0 Å². The van der Waals surface area contributed by atoms with Gasteiger partial charge in [-0.25, -0.2) is 0 Å². The van der Waals surface area contributed by atoms with Crippen molar-refractivity contribution in [2.75, 3.05) is 0 Å². The molecular weight excluding hydrogens is 171 g/mol. The van der Waals surface area contributed by atoms with Crippen LogP contribution in [0, 0.1) is 0 Å². The van der Waals surface area contributed by atoms with Crippen LogP contribution in [0.4, 0.5) is 0 Å². The fourth-order valence-corrected chi connectivity index (χ4v) is 0. The van der Waals surface area contributed by atoms with E-state index >= 15 is 0 Å². The Kier molecular flexibility index (Phi) is 152. The Balaban J connectivity index is 0. The molecule has 0 aliphatic rings. The molecule has 0 amide bonds. The van der Waals surface area contributed by atoms with Gasteiger partial charge < -0.3 is 0 Å². The van der Waals surface area contributed by atoms with E-state index in [4.69, 9.17) is 0 Å². The molecule has 0 unspecified atom stereocenters. The molecule has 0 aromatic heterocycles. The molecule has 0 spiro atoms. The van der Waals surface area contributed by atoms with Gasteiger partial charge in [-0.15, -0.1) is 0 Å². The van der Waals surface area contributed by atoms with E-state index in [1.165, 1.54) is 0 Å². The van der Waals surface area contributed by atoms with Crippen LogP contribution in [0.5, 0.6) is 0 Å². The van der Waals surface area contributed by atoms with Crippen LogP contribution >= 0.6 is 0 Å². The average Bonchev–Trinajstić information content (AvgIpc) is 0. The minimum absolute atomic E-state index is 0. The van der Waals surface area contributed by atoms with Crippen molar-refractivity contribution in [1.82, 2.24) is 0 Å². The van der Waals surface area contributed by atoms with E-state index in [0.717, 1.165) is 0 Å². The molecule has 0 aromatic carbocycles. The molecule has 0 fully saturated rings. The first-order valence-corrected chi connectivity index (χ1v) is 0. The predicted octanol–water partition coefficient (Wildman–Crippen LogP) is -2.11. The van der Waals surface area contributed by atoms with E-state index in [2.05, 4.69) is 0 Å². The van der Waals surface area contributed by atoms with Gasteiger partial charge in [0, 0.05) is 34.1 Å². The average molecular weight is 176 g/mol. The van der Waals surface area contributed by atoms with E-state index in [-0.39, 0.29) is 74.6 Å². The van der Waals surface area contributed by atoms with Crippen LogP contribution in [0.15, 0.2) is 0 Å². The molecule has 29 valence electrons. The van der Waals surface area contributed by atoms with Crippen molar-refractivity contribution in [3.63, 3.8) is 0 Å². The smallest absolute Gasteiger partial charge is 0 e. The molecule has 0 saturated heterocycles. The first kappa shape index (κ1) is 33.0. The van der Waals surface area contributed by atoms with Crippen molar-refractivity contribution in [2.24, 2.45) is 0 Å². The first-order valence-electron chi connectivity index (χ1n) is 0. The SMILES string of the molecule is [AlH3].[Cu].[Fe].[MgH2]. The van der Waals surface area contributed by atoms with Gasteiger partial charge in [-0.05, 0) is 0 Å². The molecule has 1 radical (unpaired) electrons.